The molecule has 0 spiro atoms. The van der Waals surface area contributed by atoms with Crippen LogP contribution < -0.4 is 4.74 Å². The van der Waals surface area contributed by atoms with Crippen LogP contribution in [0, 0.1) is 11.8 Å². The lowest BCUT2D eigenvalue weighted by Gasteiger charge is -2.53. The monoisotopic (exact) mass is 458 g/mol. The molecule has 1 saturated carbocycles. The van der Waals surface area contributed by atoms with E-state index >= 15 is 0 Å². The van der Waals surface area contributed by atoms with E-state index in [-0.39, 0.29) is 0 Å². The highest BCUT2D eigenvalue weighted by molar-refractivity contribution is 5.86. The number of hydrogen-bond donors (Lipinski definition) is 5. The van der Waals surface area contributed by atoms with Crippen LogP contribution in [0.4, 0.5) is 0 Å². The highest BCUT2D eigenvalue weighted by atomic mass is 16.7. The van der Waals surface area contributed by atoms with Gasteiger partial charge in [0.1, 0.15) is 30.2 Å². The first-order valence-electron chi connectivity index (χ1n) is 12.3. The van der Waals surface area contributed by atoms with Gasteiger partial charge in [-0.1, -0.05) is 13.3 Å². The number of piperidine rings is 2. The normalized spacial score (nSPS) is 42.2. The molecule has 8 heteroatoms. The second kappa shape index (κ2) is 8.22. The molecule has 10 atom stereocenters. The van der Waals surface area contributed by atoms with Crippen molar-refractivity contribution in [3.05, 3.63) is 29.5 Å². The number of hydrogen-bond acceptors (Lipinski definition) is 7. The molecule has 1 aliphatic carbocycles. The molecule has 180 valence electrons. The van der Waals surface area contributed by atoms with E-state index in [1.807, 2.05) is 18.2 Å². The Bertz CT molecular complexity index is 1020. The van der Waals surface area contributed by atoms with Crippen LogP contribution >= 0.6 is 0 Å². The van der Waals surface area contributed by atoms with Crippen LogP contribution in [0.2, 0.25) is 0 Å². The first-order chi connectivity index (χ1) is 16.0. The van der Waals surface area contributed by atoms with Crippen molar-refractivity contribution < 1.29 is 29.9 Å². The van der Waals surface area contributed by atoms with Gasteiger partial charge in [-0.05, 0) is 54.9 Å². The Hall–Kier alpha value is -1.68. The number of rotatable bonds is 4. The summed E-state index contributed by atoms with van der Waals surface area (Å²) in [6, 6.07) is 6.43. The fourth-order valence-corrected chi connectivity index (χ4v) is 7.04. The third-order valence-corrected chi connectivity index (χ3v) is 8.59. The van der Waals surface area contributed by atoms with Gasteiger partial charge < -0.3 is 34.9 Å². The van der Waals surface area contributed by atoms with Crippen LogP contribution in [0.5, 0.6) is 5.75 Å². The molecular weight excluding hydrogens is 424 g/mol. The minimum absolute atomic E-state index is 0.478. The second-order valence-electron chi connectivity index (χ2n) is 10.4. The smallest absolute Gasteiger partial charge is 0.229 e. The molecule has 4 aliphatic heterocycles. The van der Waals surface area contributed by atoms with Crippen molar-refractivity contribution in [3.63, 3.8) is 0 Å². The lowest BCUT2D eigenvalue weighted by Crippen LogP contribution is -2.60. The number of benzene rings is 1. The Labute approximate surface area is 193 Å². The summed E-state index contributed by atoms with van der Waals surface area (Å²) in [5, 5.41) is 41.0. The lowest BCUT2D eigenvalue weighted by atomic mass is 9.65. The average Bonchev–Trinajstić information content (AvgIpc) is 3.15. The van der Waals surface area contributed by atoms with E-state index in [0.29, 0.717) is 17.7 Å². The summed E-state index contributed by atoms with van der Waals surface area (Å²) in [7, 11) is 0. The Morgan fingerprint density at radius 3 is 2.79 bits per heavy atom. The molecule has 1 aromatic carbocycles. The molecule has 33 heavy (non-hydrogen) atoms. The fraction of sp³-hybridized carbons (Fsp3) is 0.680. The van der Waals surface area contributed by atoms with Gasteiger partial charge in [-0.2, -0.15) is 0 Å². The first kappa shape index (κ1) is 21.8. The minimum Gasteiger partial charge on any atom is -0.462 e. The molecule has 4 fully saturated rings. The standard InChI is InChI=1S/C25H34N2O6/c1-2-13-7-12-8-17-20-15(5-6-27(10-12)21(13)17)16-9-14(3-4-18(16)26-20)32-25-24(31)23(30)22(29)19(11-28)33-25/h3-4,9,12-13,17,19,21-26,28-31H,2,5-8,10-11H2,1H3/t12-,13-,17-,19+,21?,22+,23-,24+,25-/m0/s1. The topological polar surface area (TPSA) is 118 Å². The Balaban J connectivity index is 1.31. The van der Waals surface area contributed by atoms with Crippen molar-refractivity contribution in [2.24, 2.45) is 11.8 Å². The van der Waals surface area contributed by atoms with E-state index in [1.54, 1.807) is 0 Å². The maximum Gasteiger partial charge on any atom is 0.229 e. The van der Waals surface area contributed by atoms with E-state index in [0.717, 1.165) is 35.7 Å². The molecule has 0 amide bonds. The SMILES string of the molecule is CC[C@H]1C[C@H]2C[C@H]3c4[nH]c5ccc(O[C@H]6O[C@H](CO)[C@@H](O)[C@H](O)[C@H]6O)cc5c4CCN(C2)C13. The zero-order valence-corrected chi connectivity index (χ0v) is 18.9. The summed E-state index contributed by atoms with van der Waals surface area (Å²) in [4.78, 5) is 6.47. The number of H-pyrrole nitrogens is 1. The van der Waals surface area contributed by atoms with Crippen LogP contribution in [0.3, 0.4) is 0 Å². The maximum atomic E-state index is 10.3. The number of fused-ring (bicyclic) bond motifs is 4. The van der Waals surface area contributed by atoms with Gasteiger partial charge in [0, 0.05) is 41.6 Å². The largest absolute Gasteiger partial charge is 0.462 e. The van der Waals surface area contributed by atoms with Crippen molar-refractivity contribution in [3.8, 4) is 5.75 Å². The van der Waals surface area contributed by atoms with Gasteiger partial charge >= 0.3 is 0 Å². The molecule has 8 nitrogen and oxygen atoms in total. The number of aliphatic hydroxyl groups is 4. The number of aromatic nitrogens is 1. The highest BCUT2D eigenvalue weighted by Crippen LogP contribution is 2.51. The predicted octanol–water partition coefficient (Wildman–Crippen LogP) is 1.11. The van der Waals surface area contributed by atoms with Crippen LogP contribution in [-0.2, 0) is 11.2 Å². The molecule has 7 rings (SSSR count). The number of aromatic amines is 1. The van der Waals surface area contributed by atoms with Crippen molar-refractivity contribution in [1.82, 2.24) is 9.88 Å². The molecule has 3 saturated heterocycles. The van der Waals surface area contributed by atoms with E-state index in [2.05, 4.69) is 16.8 Å². The predicted molar refractivity (Wildman–Crippen MR) is 121 cm³/mol. The third kappa shape index (κ3) is 3.42. The molecule has 2 unspecified atom stereocenters. The molecule has 1 aromatic heterocycles. The summed E-state index contributed by atoms with van der Waals surface area (Å²) in [6.07, 6.45) is -1.59. The number of ether oxygens (including phenoxy) is 2. The number of nitrogens with one attached hydrogen (secondary N) is 1. The van der Waals surface area contributed by atoms with Crippen LogP contribution in [0.25, 0.3) is 10.9 Å². The van der Waals surface area contributed by atoms with Gasteiger partial charge in [0.15, 0.2) is 0 Å². The quantitative estimate of drug-likeness (QED) is 0.466. The van der Waals surface area contributed by atoms with Gasteiger partial charge in [0.05, 0.1) is 6.61 Å². The van der Waals surface area contributed by atoms with Crippen molar-refractivity contribution in [2.45, 2.75) is 75.3 Å². The highest BCUT2D eigenvalue weighted by Gasteiger charge is 2.49. The van der Waals surface area contributed by atoms with Gasteiger partial charge in [-0.3, -0.25) is 4.90 Å². The second-order valence-corrected chi connectivity index (χ2v) is 10.4. The minimum atomic E-state index is -1.46. The molecule has 5 heterocycles. The van der Waals surface area contributed by atoms with Crippen molar-refractivity contribution >= 4 is 10.9 Å². The zero-order valence-electron chi connectivity index (χ0n) is 18.9. The number of aliphatic hydroxyl groups excluding tert-OH is 4. The van der Waals surface area contributed by atoms with Gasteiger partial charge in [-0.25, -0.2) is 0 Å². The maximum absolute atomic E-state index is 10.3. The van der Waals surface area contributed by atoms with E-state index in [9.17, 15) is 20.4 Å². The summed E-state index contributed by atoms with van der Waals surface area (Å²) >= 11 is 0. The molecule has 4 bridgehead atoms. The van der Waals surface area contributed by atoms with Crippen LogP contribution in [0.15, 0.2) is 18.2 Å². The molecule has 0 radical (unpaired) electrons. The number of nitrogens with zero attached hydrogens (tertiary/aromatic N) is 1. The Morgan fingerprint density at radius 2 is 2.00 bits per heavy atom. The Morgan fingerprint density at radius 1 is 1.15 bits per heavy atom. The van der Waals surface area contributed by atoms with Crippen molar-refractivity contribution in [2.75, 3.05) is 19.7 Å². The third-order valence-electron chi connectivity index (χ3n) is 8.59. The van der Waals surface area contributed by atoms with E-state index in [4.69, 9.17) is 9.47 Å². The first-order valence-corrected chi connectivity index (χ1v) is 12.3. The summed E-state index contributed by atoms with van der Waals surface area (Å²) in [5.74, 6) is 2.62. The molecule has 2 aromatic rings. The Kier molecular flexibility index (Phi) is 5.44. The van der Waals surface area contributed by atoms with Crippen LogP contribution in [-0.4, -0.2) is 86.8 Å². The fourth-order valence-electron chi connectivity index (χ4n) is 7.04. The van der Waals surface area contributed by atoms with Gasteiger partial charge in [0.25, 0.3) is 0 Å². The van der Waals surface area contributed by atoms with E-state index in [1.165, 1.54) is 37.1 Å². The van der Waals surface area contributed by atoms with Gasteiger partial charge in [-0.15, -0.1) is 0 Å². The lowest BCUT2D eigenvalue weighted by molar-refractivity contribution is -0.277. The molecule has 5 aliphatic rings. The summed E-state index contributed by atoms with van der Waals surface area (Å²) in [6.45, 7) is 4.15. The van der Waals surface area contributed by atoms with Crippen molar-refractivity contribution in [1.29, 1.82) is 0 Å². The molecule has 5 N–H and O–H groups in total. The molecular formula is C25H34N2O6. The van der Waals surface area contributed by atoms with E-state index < -0.39 is 37.3 Å². The summed E-state index contributed by atoms with van der Waals surface area (Å²) < 4.78 is 11.4. The average molecular weight is 459 g/mol. The summed E-state index contributed by atoms with van der Waals surface area (Å²) in [5.41, 5.74) is 3.83. The van der Waals surface area contributed by atoms with Gasteiger partial charge in [0.2, 0.25) is 6.29 Å². The van der Waals surface area contributed by atoms with Crippen LogP contribution in [0.1, 0.15) is 43.4 Å². The zero-order chi connectivity index (χ0) is 22.9.